The molecule has 0 saturated carbocycles. The largest absolute Gasteiger partial charge is 0.465 e. The van der Waals surface area contributed by atoms with Crippen LogP contribution in [0.15, 0.2) is 16.6 Å². The third-order valence-electron chi connectivity index (χ3n) is 1.40. The molecule has 0 fully saturated rings. The van der Waals surface area contributed by atoms with Crippen molar-refractivity contribution < 1.29 is 18.3 Å². The van der Waals surface area contributed by atoms with Crippen LogP contribution in [-0.4, -0.2) is 13.1 Å². The zero-order valence-electron chi connectivity index (χ0n) is 6.61. The summed E-state index contributed by atoms with van der Waals surface area (Å²) >= 11 is 2.86. The summed E-state index contributed by atoms with van der Waals surface area (Å²) in [5.74, 6) is -2.54. The summed E-state index contributed by atoms with van der Waals surface area (Å²) in [6.07, 6.45) is 0. The molecule has 0 aliphatic carbocycles. The van der Waals surface area contributed by atoms with Gasteiger partial charge in [0, 0.05) is 10.5 Å². The van der Waals surface area contributed by atoms with Gasteiger partial charge in [0.25, 0.3) is 0 Å². The van der Waals surface area contributed by atoms with E-state index in [0.717, 1.165) is 13.2 Å². The van der Waals surface area contributed by atoms with Crippen LogP contribution < -0.4 is 0 Å². The van der Waals surface area contributed by atoms with Gasteiger partial charge in [-0.3, -0.25) is 0 Å². The average Bonchev–Trinajstić information content (AvgIpc) is 2.02. The van der Waals surface area contributed by atoms with E-state index in [0.29, 0.717) is 6.07 Å². The van der Waals surface area contributed by atoms with Gasteiger partial charge in [-0.05, 0) is 22.0 Å². The lowest BCUT2D eigenvalue weighted by Gasteiger charge is -2.03. The van der Waals surface area contributed by atoms with Crippen molar-refractivity contribution >= 4 is 21.9 Å². The Morgan fingerprint density at radius 3 is 2.54 bits per heavy atom. The van der Waals surface area contributed by atoms with E-state index < -0.39 is 17.6 Å². The van der Waals surface area contributed by atoms with Gasteiger partial charge in [0.2, 0.25) is 0 Å². The molecule has 0 radical (unpaired) electrons. The van der Waals surface area contributed by atoms with Crippen molar-refractivity contribution in [3.63, 3.8) is 0 Å². The number of hydrogen-bond donors (Lipinski definition) is 0. The molecular weight excluding hydrogens is 246 g/mol. The zero-order valence-corrected chi connectivity index (χ0v) is 8.19. The highest BCUT2D eigenvalue weighted by molar-refractivity contribution is 9.10. The molecule has 0 amide bonds. The van der Waals surface area contributed by atoms with E-state index in [9.17, 15) is 13.6 Å². The number of hydrogen-bond acceptors (Lipinski definition) is 2. The summed E-state index contributed by atoms with van der Waals surface area (Å²) in [6.45, 7) is 0. The molecule has 0 heterocycles. The molecular formula is C8H5BrF2O2. The van der Waals surface area contributed by atoms with Gasteiger partial charge in [-0.1, -0.05) is 0 Å². The van der Waals surface area contributed by atoms with E-state index in [1.807, 2.05) is 0 Å². The topological polar surface area (TPSA) is 26.3 Å². The van der Waals surface area contributed by atoms with Crippen LogP contribution in [-0.2, 0) is 4.74 Å². The fourth-order valence-corrected chi connectivity index (χ4v) is 1.41. The van der Waals surface area contributed by atoms with Crippen molar-refractivity contribution in [3.05, 3.63) is 33.8 Å². The third-order valence-corrected chi connectivity index (χ3v) is 2.02. The second kappa shape index (κ2) is 3.83. The number of halogens is 3. The lowest BCUT2D eigenvalue weighted by Crippen LogP contribution is -2.06. The van der Waals surface area contributed by atoms with Crippen molar-refractivity contribution in [1.29, 1.82) is 0 Å². The molecule has 1 rings (SSSR count). The van der Waals surface area contributed by atoms with Crippen molar-refractivity contribution in [2.75, 3.05) is 7.11 Å². The predicted molar refractivity (Wildman–Crippen MR) is 45.4 cm³/mol. The first-order valence-corrected chi connectivity index (χ1v) is 4.08. The molecule has 0 aromatic heterocycles. The fourth-order valence-electron chi connectivity index (χ4n) is 0.839. The first-order chi connectivity index (χ1) is 6.06. The Labute approximate surface area is 81.6 Å². The Bertz CT molecular complexity index is 329. The normalized spacial score (nSPS) is 9.85. The fraction of sp³-hybridized carbons (Fsp3) is 0.125. The Morgan fingerprint density at radius 2 is 2.08 bits per heavy atom. The van der Waals surface area contributed by atoms with Gasteiger partial charge in [0.05, 0.1) is 7.11 Å². The number of ether oxygens (including phenoxy) is 1. The maximum atomic E-state index is 13.0. The molecule has 5 heteroatoms. The van der Waals surface area contributed by atoms with E-state index in [1.54, 1.807) is 0 Å². The molecule has 0 spiro atoms. The van der Waals surface area contributed by atoms with Crippen LogP contribution in [0, 0.1) is 11.6 Å². The highest BCUT2D eigenvalue weighted by Gasteiger charge is 2.17. The maximum absolute atomic E-state index is 13.0. The molecule has 0 aliphatic rings. The highest BCUT2D eigenvalue weighted by atomic mass is 79.9. The third kappa shape index (κ3) is 2.03. The summed E-state index contributed by atoms with van der Waals surface area (Å²) in [7, 11) is 1.12. The first-order valence-electron chi connectivity index (χ1n) is 3.29. The minimum Gasteiger partial charge on any atom is -0.465 e. The molecule has 0 bridgehead atoms. The Balaban J connectivity index is 3.28. The van der Waals surface area contributed by atoms with Gasteiger partial charge in [-0.15, -0.1) is 0 Å². The number of carbonyl (C=O) groups excluding carboxylic acids is 1. The van der Waals surface area contributed by atoms with E-state index in [2.05, 4.69) is 20.7 Å². The smallest absolute Gasteiger partial charge is 0.342 e. The van der Waals surface area contributed by atoms with Gasteiger partial charge in [0.15, 0.2) is 0 Å². The molecule has 2 nitrogen and oxygen atoms in total. The summed E-state index contributed by atoms with van der Waals surface area (Å²) < 4.78 is 29.9. The molecule has 70 valence electrons. The number of benzene rings is 1. The number of carbonyl (C=O) groups is 1. The van der Waals surface area contributed by atoms with E-state index in [1.165, 1.54) is 0 Å². The molecule has 0 atom stereocenters. The monoisotopic (exact) mass is 250 g/mol. The number of rotatable bonds is 1. The van der Waals surface area contributed by atoms with Crippen LogP contribution in [0.4, 0.5) is 8.78 Å². The summed E-state index contributed by atoms with van der Waals surface area (Å²) in [6, 6.07) is 1.62. The Hall–Kier alpha value is -0.970. The standard InChI is InChI=1S/C8H5BrF2O2/c1-13-8(12)7-5(9)2-4(10)3-6(7)11/h2-3H,1H3. The van der Waals surface area contributed by atoms with Crippen molar-refractivity contribution in [1.82, 2.24) is 0 Å². The van der Waals surface area contributed by atoms with Crippen molar-refractivity contribution in [3.8, 4) is 0 Å². The second-order valence-electron chi connectivity index (χ2n) is 2.24. The lowest BCUT2D eigenvalue weighted by molar-refractivity contribution is 0.0594. The van der Waals surface area contributed by atoms with Crippen molar-refractivity contribution in [2.24, 2.45) is 0 Å². The molecule has 0 N–H and O–H groups in total. The van der Waals surface area contributed by atoms with Crippen molar-refractivity contribution in [2.45, 2.75) is 0 Å². The SMILES string of the molecule is COC(=O)c1c(F)cc(F)cc1Br. The quantitative estimate of drug-likeness (QED) is 0.717. The molecule has 1 aromatic carbocycles. The predicted octanol–water partition coefficient (Wildman–Crippen LogP) is 2.51. The Morgan fingerprint density at radius 1 is 1.46 bits per heavy atom. The molecule has 13 heavy (non-hydrogen) atoms. The van der Waals surface area contributed by atoms with Gasteiger partial charge in [0.1, 0.15) is 17.2 Å². The van der Waals surface area contributed by atoms with Crippen LogP contribution in [0.2, 0.25) is 0 Å². The van der Waals surface area contributed by atoms with E-state index >= 15 is 0 Å². The summed E-state index contributed by atoms with van der Waals surface area (Å²) in [5.41, 5.74) is -0.302. The van der Waals surface area contributed by atoms with Crippen LogP contribution in [0.5, 0.6) is 0 Å². The summed E-state index contributed by atoms with van der Waals surface area (Å²) in [4.78, 5) is 11.0. The van der Waals surface area contributed by atoms with E-state index in [-0.39, 0.29) is 10.0 Å². The highest BCUT2D eigenvalue weighted by Crippen LogP contribution is 2.22. The molecule has 0 saturated heterocycles. The maximum Gasteiger partial charge on any atom is 0.342 e. The molecule has 0 aliphatic heterocycles. The van der Waals surface area contributed by atoms with Gasteiger partial charge in [-0.25, -0.2) is 13.6 Å². The van der Waals surface area contributed by atoms with Gasteiger partial charge < -0.3 is 4.74 Å². The van der Waals surface area contributed by atoms with Crippen LogP contribution in [0.25, 0.3) is 0 Å². The van der Waals surface area contributed by atoms with Gasteiger partial charge in [-0.2, -0.15) is 0 Å². The van der Waals surface area contributed by atoms with Crippen LogP contribution >= 0.6 is 15.9 Å². The van der Waals surface area contributed by atoms with Gasteiger partial charge >= 0.3 is 5.97 Å². The average molecular weight is 251 g/mol. The zero-order chi connectivity index (χ0) is 10.0. The number of esters is 1. The molecule has 0 unspecified atom stereocenters. The van der Waals surface area contributed by atoms with E-state index in [4.69, 9.17) is 0 Å². The first kappa shape index (κ1) is 10.1. The lowest BCUT2D eigenvalue weighted by atomic mass is 10.2. The Kier molecular flexibility index (Phi) is 2.98. The van der Waals surface area contributed by atoms with Crippen LogP contribution in [0.3, 0.4) is 0 Å². The number of methoxy groups -OCH3 is 1. The minimum atomic E-state index is -0.946. The summed E-state index contributed by atoms with van der Waals surface area (Å²) in [5, 5.41) is 0. The second-order valence-corrected chi connectivity index (χ2v) is 3.09. The molecule has 1 aromatic rings. The van der Waals surface area contributed by atoms with Crippen LogP contribution in [0.1, 0.15) is 10.4 Å². The minimum absolute atomic E-state index is 0.0388.